The molecule has 0 saturated carbocycles. The van der Waals surface area contributed by atoms with Gasteiger partial charge < -0.3 is 5.11 Å². The van der Waals surface area contributed by atoms with Crippen molar-refractivity contribution >= 4 is 5.97 Å². The maximum Gasteiger partial charge on any atom is 0.307 e. The summed E-state index contributed by atoms with van der Waals surface area (Å²) in [5.41, 5.74) is 1.93. The second-order valence-electron chi connectivity index (χ2n) is 2.50. The third kappa shape index (κ3) is 3.35. The Balaban J connectivity index is 0.00000121. The van der Waals surface area contributed by atoms with E-state index < -0.39 is 5.97 Å². The number of carboxylic acids is 1. The molecule has 0 spiro atoms. The fourth-order valence-electron chi connectivity index (χ4n) is 0.971. The number of hydrogen-bond donors (Lipinski definition) is 1. The molecule has 1 aromatic rings. The van der Waals surface area contributed by atoms with Gasteiger partial charge in [-0.3, -0.25) is 4.79 Å². The minimum atomic E-state index is -0.778. The molecule has 0 aromatic heterocycles. The van der Waals surface area contributed by atoms with Gasteiger partial charge in [0.15, 0.2) is 0 Å². The van der Waals surface area contributed by atoms with Crippen molar-refractivity contribution in [1.29, 1.82) is 0 Å². The predicted molar refractivity (Wildman–Crippen MR) is 42.5 cm³/mol. The quantitative estimate of drug-likeness (QED) is 0.823. The first kappa shape index (κ1) is 11.6. The van der Waals surface area contributed by atoms with Crippen molar-refractivity contribution in [2.24, 2.45) is 0 Å². The molecule has 0 aliphatic heterocycles. The van der Waals surface area contributed by atoms with Crippen molar-refractivity contribution in [3.8, 4) is 0 Å². The summed E-state index contributed by atoms with van der Waals surface area (Å²) in [4.78, 5) is 10.3. The Morgan fingerprint density at radius 1 is 1.42 bits per heavy atom. The normalized spacial score (nSPS) is 8.75. The summed E-state index contributed by atoms with van der Waals surface area (Å²) in [7, 11) is 0. The van der Waals surface area contributed by atoms with Gasteiger partial charge in [0, 0.05) is 27.7 Å². The third-order valence-corrected chi connectivity index (χ3v) is 1.60. The Morgan fingerprint density at radius 3 is 2.50 bits per heavy atom. The minimum absolute atomic E-state index is 0. The minimum Gasteiger partial charge on any atom is -0.481 e. The van der Waals surface area contributed by atoms with E-state index in [-0.39, 0.29) is 34.1 Å². The van der Waals surface area contributed by atoms with Crippen LogP contribution < -0.4 is 0 Å². The molecule has 0 bridgehead atoms. The molecule has 0 aliphatic rings. The second kappa shape index (κ2) is 5.30. The first-order chi connectivity index (χ1) is 5.20. The van der Waals surface area contributed by atoms with Crippen LogP contribution in [-0.2, 0) is 38.9 Å². The van der Waals surface area contributed by atoms with E-state index in [1.165, 1.54) is 0 Å². The summed E-state index contributed by atoms with van der Waals surface area (Å²) >= 11 is 0. The molecule has 1 rings (SSSR count). The molecule has 0 unspecified atom stereocenters. The van der Waals surface area contributed by atoms with E-state index in [9.17, 15) is 4.79 Å². The van der Waals surface area contributed by atoms with E-state index in [2.05, 4.69) is 0 Å². The average Bonchev–Trinajstić information content (AvgIpc) is 1.93. The van der Waals surface area contributed by atoms with Crippen LogP contribution in [0.2, 0.25) is 0 Å². The number of aliphatic carboxylic acids is 1. The largest absolute Gasteiger partial charge is 0.481 e. The maximum atomic E-state index is 10.3. The molecular weight excluding hydrogens is 341 g/mol. The Hall–Kier alpha value is -0.375. The van der Waals surface area contributed by atoms with Crippen LogP contribution in [-0.4, -0.2) is 11.1 Å². The van der Waals surface area contributed by atoms with Crippen LogP contribution in [0.3, 0.4) is 0 Å². The third-order valence-electron chi connectivity index (χ3n) is 1.60. The van der Waals surface area contributed by atoms with Crippen molar-refractivity contribution in [3.63, 3.8) is 0 Å². The van der Waals surface area contributed by atoms with Gasteiger partial charge in [-0.05, 0) is 18.1 Å². The molecule has 3 heteroatoms. The van der Waals surface area contributed by atoms with E-state index in [0.29, 0.717) is 0 Å². The van der Waals surface area contributed by atoms with Crippen LogP contribution in [0.15, 0.2) is 24.3 Å². The number of aryl methyl sites for hydroxylation is 1. The summed E-state index contributed by atoms with van der Waals surface area (Å²) in [6.07, 6.45) is 0.118. The predicted octanol–water partition coefficient (Wildman–Crippen LogP) is 1.62. The molecule has 60 valence electrons. The zero-order valence-electron chi connectivity index (χ0n) is 7.08. The van der Waals surface area contributed by atoms with Crippen LogP contribution >= 0.6 is 0 Å². The van der Waals surface area contributed by atoms with Gasteiger partial charge in [0.1, 0.15) is 0 Å². The molecule has 2 nitrogen and oxygen atoms in total. The average molecular weight is 351 g/mol. The monoisotopic (exact) mass is 352 g/mol. The number of carboxylic acid groups (broad SMARTS) is 1. The van der Waals surface area contributed by atoms with E-state index >= 15 is 0 Å². The summed E-state index contributed by atoms with van der Waals surface area (Å²) in [5.74, 6) is -0.778. The fraction of sp³-hybridized carbons (Fsp3) is 0.222. The molecule has 1 aromatic carbocycles. The first-order valence-electron chi connectivity index (χ1n) is 3.46. The summed E-state index contributed by atoms with van der Waals surface area (Å²) in [5, 5.41) is 8.49. The van der Waals surface area contributed by atoms with Crippen LogP contribution in [0.1, 0.15) is 11.1 Å². The van der Waals surface area contributed by atoms with Crippen molar-refractivity contribution in [2.45, 2.75) is 13.3 Å². The van der Waals surface area contributed by atoms with Gasteiger partial charge >= 0.3 is 5.97 Å². The zero-order chi connectivity index (χ0) is 8.27. The Kier molecular flexibility index (Phi) is 5.14. The molecule has 0 radical (unpaired) electrons. The van der Waals surface area contributed by atoms with E-state index in [1.807, 2.05) is 31.2 Å². The van der Waals surface area contributed by atoms with Crippen molar-refractivity contribution in [1.82, 2.24) is 0 Å². The van der Waals surface area contributed by atoms with E-state index in [1.54, 1.807) is 0 Å². The van der Waals surface area contributed by atoms with E-state index in [0.717, 1.165) is 11.1 Å². The fourth-order valence-corrected chi connectivity index (χ4v) is 0.971. The second-order valence-corrected chi connectivity index (χ2v) is 2.50. The summed E-state index contributed by atoms with van der Waals surface area (Å²) in [6.45, 7) is 1.91. The first-order valence-corrected chi connectivity index (χ1v) is 3.46. The van der Waals surface area contributed by atoms with E-state index in [4.69, 9.17) is 5.11 Å². The van der Waals surface area contributed by atoms with Gasteiger partial charge in [-0.2, -0.15) is 0 Å². The summed E-state index contributed by atoms with van der Waals surface area (Å²) < 4.78 is 0. The maximum absolute atomic E-state index is 10.3. The number of carbonyl (C=O) groups is 1. The zero-order valence-corrected chi connectivity index (χ0v) is 12.6. The molecule has 0 heterocycles. The molecular formula is C9H10HgO2. The topological polar surface area (TPSA) is 37.3 Å². The van der Waals surface area contributed by atoms with Crippen LogP contribution in [0.4, 0.5) is 0 Å². The van der Waals surface area contributed by atoms with Gasteiger partial charge in [-0.15, -0.1) is 0 Å². The molecule has 0 saturated heterocycles. The number of benzene rings is 1. The van der Waals surface area contributed by atoms with Crippen LogP contribution in [0.25, 0.3) is 0 Å². The van der Waals surface area contributed by atoms with Crippen molar-refractivity contribution < 1.29 is 37.6 Å². The van der Waals surface area contributed by atoms with Gasteiger partial charge in [-0.1, -0.05) is 24.3 Å². The Labute approximate surface area is 92.1 Å². The molecule has 0 atom stereocenters. The Morgan fingerprint density at radius 2 is 2.00 bits per heavy atom. The molecule has 0 aliphatic carbocycles. The Bertz CT molecular complexity index is 271. The molecule has 1 N–H and O–H groups in total. The number of rotatable bonds is 2. The SMILES string of the molecule is Cc1ccccc1CC(=O)O.[Hg]. The van der Waals surface area contributed by atoms with Crippen LogP contribution in [0, 0.1) is 6.92 Å². The van der Waals surface area contributed by atoms with Gasteiger partial charge in [0.2, 0.25) is 0 Å². The van der Waals surface area contributed by atoms with Crippen molar-refractivity contribution in [2.75, 3.05) is 0 Å². The smallest absolute Gasteiger partial charge is 0.307 e. The van der Waals surface area contributed by atoms with Crippen molar-refractivity contribution in [3.05, 3.63) is 35.4 Å². The van der Waals surface area contributed by atoms with Gasteiger partial charge in [-0.25, -0.2) is 0 Å². The molecule has 0 fully saturated rings. The molecule has 12 heavy (non-hydrogen) atoms. The van der Waals surface area contributed by atoms with Gasteiger partial charge in [0.05, 0.1) is 6.42 Å². The molecule has 0 amide bonds. The standard InChI is InChI=1S/C9H10O2.Hg/c1-7-4-2-3-5-8(7)6-9(10)11;/h2-5H,6H2,1H3,(H,10,11);. The van der Waals surface area contributed by atoms with Crippen LogP contribution in [0.5, 0.6) is 0 Å². The number of hydrogen-bond acceptors (Lipinski definition) is 1. The van der Waals surface area contributed by atoms with Gasteiger partial charge in [0.25, 0.3) is 0 Å². The summed E-state index contributed by atoms with van der Waals surface area (Å²) in [6, 6.07) is 7.51.